The molecule has 108 valence electrons. The van der Waals surface area contributed by atoms with Gasteiger partial charge in [0.1, 0.15) is 0 Å². The molecule has 0 amide bonds. The number of nitro benzene ring substituents is 2. The topological polar surface area (TPSA) is 98.3 Å². The Labute approximate surface area is 116 Å². The number of hydrogen-bond donors (Lipinski definition) is 1. The fourth-order valence-corrected chi connectivity index (χ4v) is 2.26. The molecule has 2 rings (SSSR count). The zero-order valence-electron chi connectivity index (χ0n) is 11.5. The Morgan fingerprint density at radius 1 is 1.25 bits per heavy atom. The third kappa shape index (κ3) is 3.11. The van der Waals surface area contributed by atoms with Crippen molar-refractivity contribution in [1.29, 1.82) is 0 Å². The molecular weight excluding hydrogens is 262 g/mol. The molecule has 1 saturated carbocycles. The molecule has 7 nitrogen and oxygen atoms in total. The van der Waals surface area contributed by atoms with Gasteiger partial charge in [-0.3, -0.25) is 20.2 Å². The highest BCUT2D eigenvalue weighted by Crippen LogP contribution is 2.39. The largest absolute Gasteiger partial charge is 0.307 e. The van der Waals surface area contributed by atoms with Crippen LogP contribution >= 0.6 is 0 Å². The minimum Gasteiger partial charge on any atom is -0.307 e. The Kier molecular flexibility index (Phi) is 3.71. The minimum atomic E-state index is -0.627. The van der Waals surface area contributed by atoms with E-state index in [1.165, 1.54) is 25.0 Å². The average Bonchev–Trinajstić information content (AvgIpc) is 3.20. The Morgan fingerprint density at radius 2 is 1.90 bits per heavy atom. The maximum absolute atomic E-state index is 11.0. The number of rotatable bonds is 6. The Hall–Kier alpha value is -2.02. The molecule has 0 spiro atoms. The van der Waals surface area contributed by atoms with Crippen molar-refractivity contribution in [3.05, 3.63) is 44.0 Å². The van der Waals surface area contributed by atoms with Gasteiger partial charge < -0.3 is 5.32 Å². The van der Waals surface area contributed by atoms with E-state index in [1.807, 2.05) is 0 Å². The molecule has 0 unspecified atom stereocenters. The van der Waals surface area contributed by atoms with Gasteiger partial charge in [-0.15, -0.1) is 0 Å². The Bertz CT molecular complexity index is 553. The number of non-ortho nitro benzene ring substituents is 1. The van der Waals surface area contributed by atoms with Gasteiger partial charge in [-0.1, -0.05) is 0 Å². The van der Waals surface area contributed by atoms with Gasteiger partial charge in [-0.05, 0) is 38.7 Å². The van der Waals surface area contributed by atoms with E-state index >= 15 is 0 Å². The van der Waals surface area contributed by atoms with Gasteiger partial charge in [0.2, 0.25) is 0 Å². The lowest BCUT2D eigenvalue weighted by molar-refractivity contribution is -0.394. The lowest BCUT2D eigenvalue weighted by atomic mass is 9.98. The molecule has 1 fully saturated rings. The highest BCUT2D eigenvalue weighted by molar-refractivity contribution is 5.49. The predicted molar refractivity (Wildman–Crippen MR) is 73.4 cm³/mol. The van der Waals surface area contributed by atoms with Crippen molar-refractivity contribution in [1.82, 2.24) is 5.32 Å². The summed E-state index contributed by atoms with van der Waals surface area (Å²) in [7, 11) is 0. The van der Waals surface area contributed by atoms with E-state index in [-0.39, 0.29) is 16.9 Å². The molecular formula is C13H17N3O4. The van der Waals surface area contributed by atoms with E-state index in [0.29, 0.717) is 18.0 Å². The number of nitrogens with zero attached hydrogens (tertiary/aromatic N) is 2. The van der Waals surface area contributed by atoms with E-state index < -0.39 is 9.85 Å². The summed E-state index contributed by atoms with van der Waals surface area (Å²) in [5.41, 5.74) is -0.0788. The monoisotopic (exact) mass is 279 g/mol. The van der Waals surface area contributed by atoms with Crippen LogP contribution in [-0.4, -0.2) is 15.4 Å². The summed E-state index contributed by atoms with van der Waals surface area (Å²) >= 11 is 0. The van der Waals surface area contributed by atoms with E-state index in [2.05, 4.69) is 19.2 Å². The molecule has 0 bridgehead atoms. The highest BCUT2D eigenvalue weighted by Gasteiger charge is 2.37. The van der Waals surface area contributed by atoms with Crippen molar-refractivity contribution in [3.8, 4) is 0 Å². The summed E-state index contributed by atoms with van der Waals surface area (Å²) < 4.78 is 0. The molecule has 0 aliphatic heterocycles. The number of benzene rings is 1. The first-order valence-electron chi connectivity index (χ1n) is 6.48. The maximum atomic E-state index is 11.0. The van der Waals surface area contributed by atoms with Crippen molar-refractivity contribution >= 4 is 11.4 Å². The van der Waals surface area contributed by atoms with Gasteiger partial charge in [0.15, 0.2) is 0 Å². The van der Waals surface area contributed by atoms with Gasteiger partial charge in [0.25, 0.3) is 11.4 Å². The van der Waals surface area contributed by atoms with Crippen molar-refractivity contribution in [3.63, 3.8) is 0 Å². The second kappa shape index (κ2) is 5.16. The van der Waals surface area contributed by atoms with Crippen molar-refractivity contribution in [2.75, 3.05) is 0 Å². The molecule has 7 heteroatoms. The van der Waals surface area contributed by atoms with E-state index in [1.54, 1.807) is 0 Å². The van der Waals surface area contributed by atoms with Gasteiger partial charge in [-0.25, -0.2) is 0 Å². The summed E-state index contributed by atoms with van der Waals surface area (Å²) in [5, 5.41) is 25.0. The van der Waals surface area contributed by atoms with Gasteiger partial charge in [-0.2, -0.15) is 0 Å². The molecule has 0 aromatic heterocycles. The van der Waals surface area contributed by atoms with E-state index in [9.17, 15) is 20.2 Å². The SMILES string of the molecule is CC(C)(NCc1ccc([N+](=O)[O-])cc1[N+](=O)[O-])C1CC1. The average molecular weight is 279 g/mol. The summed E-state index contributed by atoms with van der Waals surface area (Å²) in [6, 6.07) is 3.77. The van der Waals surface area contributed by atoms with Crippen LogP contribution in [-0.2, 0) is 6.54 Å². The number of nitro groups is 2. The van der Waals surface area contributed by atoms with Gasteiger partial charge in [0.05, 0.1) is 15.9 Å². The van der Waals surface area contributed by atoms with E-state index in [4.69, 9.17) is 0 Å². The molecule has 1 aromatic carbocycles. The molecule has 20 heavy (non-hydrogen) atoms. The summed E-state index contributed by atoms with van der Waals surface area (Å²) in [6.45, 7) is 4.47. The van der Waals surface area contributed by atoms with E-state index in [0.717, 1.165) is 6.07 Å². The molecule has 0 saturated heterocycles. The smallest absolute Gasteiger partial charge is 0.280 e. The number of hydrogen-bond acceptors (Lipinski definition) is 5. The lowest BCUT2D eigenvalue weighted by Crippen LogP contribution is -2.40. The highest BCUT2D eigenvalue weighted by atomic mass is 16.6. The molecule has 1 N–H and O–H groups in total. The second-order valence-corrected chi connectivity index (χ2v) is 5.68. The molecule has 0 atom stereocenters. The first-order chi connectivity index (χ1) is 9.31. The zero-order chi connectivity index (χ0) is 14.9. The van der Waals surface area contributed by atoms with Crippen LogP contribution in [0.1, 0.15) is 32.3 Å². The van der Waals surface area contributed by atoms with Crippen LogP contribution in [0.15, 0.2) is 18.2 Å². The van der Waals surface area contributed by atoms with Crippen LogP contribution in [0, 0.1) is 26.1 Å². The molecule has 0 radical (unpaired) electrons. The zero-order valence-corrected chi connectivity index (χ0v) is 11.5. The molecule has 1 aliphatic carbocycles. The van der Waals surface area contributed by atoms with Crippen LogP contribution in [0.5, 0.6) is 0 Å². The van der Waals surface area contributed by atoms with Crippen molar-refractivity contribution < 1.29 is 9.85 Å². The number of nitrogens with one attached hydrogen (secondary N) is 1. The van der Waals surface area contributed by atoms with Crippen molar-refractivity contribution in [2.45, 2.75) is 38.8 Å². The standard InChI is InChI=1S/C13H17N3O4/c1-13(2,10-4-5-10)14-8-9-3-6-11(15(17)18)7-12(9)16(19)20/h3,6-7,10,14H,4-5,8H2,1-2H3. The maximum Gasteiger partial charge on any atom is 0.280 e. The first kappa shape index (κ1) is 14.4. The lowest BCUT2D eigenvalue weighted by Gasteiger charge is -2.26. The van der Waals surface area contributed by atoms with Crippen molar-refractivity contribution in [2.24, 2.45) is 5.92 Å². The van der Waals surface area contributed by atoms with Crippen LogP contribution in [0.2, 0.25) is 0 Å². The third-order valence-electron chi connectivity index (χ3n) is 3.81. The molecule has 1 aliphatic rings. The predicted octanol–water partition coefficient (Wildman–Crippen LogP) is 2.78. The van der Waals surface area contributed by atoms with Crippen LogP contribution in [0.4, 0.5) is 11.4 Å². The summed E-state index contributed by atoms with van der Waals surface area (Å²) in [4.78, 5) is 20.5. The summed E-state index contributed by atoms with van der Waals surface area (Å²) in [6.07, 6.45) is 2.34. The fourth-order valence-electron chi connectivity index (χ4n) is 2.26. The summed E-state index contributed by atoms with van der Waals surface area (Å²) in [5.74, 6) is 0.597. The van der Waals surface area contributed by atoms with Crippen LogP contribution < -0.4 is 5.32 Å². The Balaban J connectivity index is 2.18. The first-order valence-corrected chi connectivity index (χ1v) is 6.48. The normalized spacial score (nSPS) is 15.1. The van der Waals surface area contributed by atoms with Gasteiger partial charge in [0, 0.05) is 23.7 Å². The Morgan fingerprint density at radius 3 is 2.40 bits per heavy atom. The third-order valence-corrected chi connectivity index (χ3v) is 3.81. The second-order valence-electron chi connectivity index (χ2n) is 5.68. The van der Waals surface area contributed by atoms with Gasteiger partial charge >= 0.3 is 0 Å². The quantitative estimate of drug-likeness (QED) is 0.637. The fraction of sp³-hybridized carbons (Fsp3) is 0.538. The molecule has 0 heterocycles. The minimum absolute atomic E-state index is 0.0738. The van der Waals surface area contributed by atoms with Crippen LogP contribution in [0.25, 0.3) is 0 Å². The van der Waals surface area contributed by atoms with Crippen LogP contribution in [0.3, 0.4) is 0 Å². The molecule has 1 aromatic rings.